The van der Waals surface area contributed by atoms with Gasteiger partial charge in [-0.05, 0) is 29.5 Å². The van der Waals surface area contributed by atoms with E-state index < -0.39 is 11.9 Å². The van der Waals surface area contributed by atoms with Gasteiger partial charge in [-0.15, -0.1) is 0 Å². The lowest BCUT2D eigenvalue weighted by molar-refractivity contribution is -0.141. The summed E-state index contributed by atoms with van der Waals surface area (Å²) in [5.41, 5.74) is 5.04. The lowest BCUT2D eigenvalue weighted by atomic mass is 9.90. The second-order valence-corrected chi connectivity index (χ2v) is 4.24. The number of hydrogen-bond acceptors (Lipinski definition) is 2. The predicted octanol–water partition coefficient (Wildman–Crippen LogP) is 3.44. The zero-order valence-corrected chi connectivity index (χ0v) is 9.47. The Bertz CT molecular complexity index is 372. The van der Waals surface area contributed by atoms with Crippen LogP contribution in [0.1, 0.15) is 37.9 Å². The Kier molecular flexibility index (Phi) is 3.45. The molecule has 0 aliphatic heterocycles. The highest BCUT2D eigenvalue weighted by Gasteiger charge is 2.33. The SMILES string of the molecule is CC(C)C(C)c1cc(N)nc(C(F)(F)F)c1. The van der Waals surface area contributed by atoms with Crippen LogP contribution in [0.2, 0.25) is 0 Å². The third-order valence-electron chi connectivity index (χ3n) is 2.68. The van der Waals surface area contributed by atoms with Crippen molar-refractivity contribution >= 4 is 5.82 Å². The van der Waals surface area contributed by atoms with Crippen molar-refractivity contribution in [3.05, 3.63) is 23.4 Å². The number of halogens is 3. The van der Waals surface area contributed by atoms with E-state index in [0.29, 0.717) is 5.56 Å². The molecule has 0 aliphatic carbocycles. The highest BCUT2D eigenvalue weighted by molar-refractivity contribution is 5.37. The average Bonchev–Trinajstić information content (AvgIpc) is 2.14. The highest BCUT2D eigenvalue weighted by atomic mass is 19.4. The van der Waals surface area contributed by atoms with Gasteiger partial charge in [-0.2, -0.15) is 13.2 Å². The van der Waals surface area contributed by atoms with Crippen molar-refractivity contribution in [1.29, 1.82) is 0 Å². The van der Waals surface area contributed by atoms with Gasteiger partial charge in [0.2, 0.25) is 0 Å². The molecular weight excluding hydrogens is 217 g/mol. The normalized spacial score (nSPS) is 14.2. The van der Waals surface area contributed by atoms with E-state index in [1.54, 1.807) is 0 Å². The largest absolute Gasteiger partial charge is 0.433 e. The van der Waals surface area contributed by atoms with Crippen LogP contribution in [-0.4, -0.2) is 4.98 Å². The number of anilines is 1. The number of alkyl halides is 3. The van der Waals surface area contributed by atoms with E-state index in [1.165, 1.54) is 6.07 Å². The van der Waals surface area contributed by atoms with E-state index in [2.05, 4.69) is 4.98 Å². The number of aromatic nitrogens is 1. The van der Waals surface area contributed by atoms with Gasteiger partial charge in [0.1, 0.15) is 11.5 Å². The molecule has 1 heterocycles. The van der Waals surface area contributed by atoms with Gasteiger partial charge in [-0.1, -0.05) is 20.8 Å². The van der Waals surface area contributed by atoms with Gasteiger partial charge in [0.05, 0.1) is 0 Å². The molecule has 16 heavy (non-hydrogen) atoms. The van der Waals surface area contributed by atoms with E-state index in [4.69, 9.17) is 5.73 Å². The van der Waals surface area contributed by atoms with Gasteiger partial charge in [0.25, 0.3) is 0 Å². The van der Waals surface area contributed by atoms with Crippen LogP contribution in [0.25, 0.3) is 0 Å². The molecule has 90 valence electrons. The lowest BCUT2D eigenvalue weighted by Crippen LogP contribution is -2.12. The van der Waals surface area contributed by atoms with Crippen LogP contribution in [0, 0.1) is 5.92 Å². The first kappa shape index (κ1) is 12.8. The zero-order valence-electron chi connectivity index (χ0n) is 9.47. The minimum Gasteiger partial charge on any atom is -0.384 e. The summed E-state index contributed by atoms with van der Waals surface area (Å²) in [6.45, 7) is 5.78. The van der Waals surface area contributed by atoms with Crippen LogP contribution in [0.15, 0.2) is 12.1 Å². The fraction of sp³-hybridized carbons (Fsp3) is 0.545. The van der Waals surface area contributed by atoms with Crippen LogP contribution >= 0.6 is 0 Å². The monoisotopic (exact) mass is 232 g/mol. The molecule has 1 aromatic rings. The molecule has 2 N–H and O–H groups in total. The van der Waals surface area contributed by atoms with Crippen LogP contribution in [0.3, 0.4) is 0 Å². The Morgan fingerprint density at radius 1 is 1.19 bits per heavy atom. The van der Waals surface area contributed by atoms with Crippen molar-refractivity contribution in [2.24, 2.45) is 5.92 Å². The summed E-state index contributed by atoms with van der Waals surface area (Å²) in [5, 5.41) is 0. The Hall–Kier alpha value is -1.26. The molecule has 0 fully saturated rings. The van der Waals surface area contributed by atoms with E-state index >= 15 is 0 Å². The van der Waals surface area contributed by atoms with Crippen LogP contribution in [0.5, 0.6) is 0 Å². The smallest absolute Gasteiger partial charge is 0.384 e. The summed E-state index contributed by atoms with van der Waals surface area (Å²) in [5.74, 6) is 0.187. The number of nitrogen functional groups attached to an aromatic ring is 1. The van der Waals surface area contributed by atoms with E-state index in [9.17, 15) is 13.2 Å². The predicted molar refractivity (Wildman–Crippen MR) is 56.9 cm³/mol. The van der Waals surface area contributed by atoms with Gasteiger partial charge < -0.3 is 5.73 Å². The zero-order chi connectivity index (χ0) is 12.5. The molecule has 0 aliphatic rings. The maximum atomic E-state index is 12.5. The molecule has 0 amide bonds. The number of hydrogen-bond donors (Lipinski definition) is 1. The Labute approximate surface area is 92.7 Å². The topological polar surface area (TPSA) is 38.9 Å². The standard InChI is InChI=1S/C11H15F3N2/c1-6(2)7(3)8-4-9(11(12,13)14)16-10(15)5-8/h4-7H,1-3H3,(H2,15,16). The van der Waals surface area contributed by atoms with E-state index in [0.717, 1.165) is 6.07 Å². The number of nitrogens with two attached hydrogens (primary N) is 1. The fourth-order valence-electron chi connectivity index (χ4n) is 1.37. The maximum absolute atomic E-state index is 12.5. The van der Waals surface area contributed by atoms with Crippen molar-refractivity contribution in [3.63, 3.8) is 0 Å². The van der Waals surface area contributed by atoms with Gasteiger partial charge in [-0.3, -0.25) is 0 Å². The second-order valence-electron chi connectivity index (χ2n) is 4.24. The molecule has 0 saturated carbocycles. The first-order chi connectivity index (χ1) is 7.21. The van der Waals surface area contributed by atoms with Crippen LogP contribution in [-0.2, 0) is 6.18 Å². The Balaban J connectivity index is 3.18. The summed E-state index contributed by atoms with van der Waals surface area (Å²) < 4.78 is 37.5. The first-order valence-corrected chi connectivity index (χ1v) is 5.06. The Morgan fingerprint density at radius 2 is 1.75 bits per heavy atom. The van der Waals surface area contributed by atoms with Gasteiger partial charge in [-0.25, -0.2) is 4.98 Å². The van der Waals surface area contributed by atoms with Gasteiger partial charge in [0, 0.05) is 0 Å². The van der Waals surface area contributed by atoms with Gasteiger partial charge in [0.15, 0.2) is 0 Å². The summed E-state index contributed by atoms with van der Waals surface area (Å²) in [6, 6.07) is 2.57. The third kappa shape index (κ3) is 2.87. The van der Waals surface area contributed by atoms with Crippen LogP contribution in [0.4, 0.5) is 19.0 Å². The third-order valence-corrected chi connectivity index (χ3v) is 2.68. The lowest BCUT2D eigenvalue weighted by Gasteiger charge is -2.17. The molecule has 1 rings (SSSR count). The molecule has 2 nitrogen and oxygen atoms in total. The molecule has 0 saturated heterocycles. The van der Waals surface area contributed by atoms with Crippen molar-refractivity contribution in [1.82, 2.24) is 4.98 Å². The number of nitrogens with zero attached hydrogens (tertiary/aromatic N) is 1. The van der Waals surface area contributed by atoms with E-state index in [1.807, 2.05) is 20.8 Å². The summed E-state index contributed by atoms with van der Waals surface area (Å²) >= 11 is 0. The molecule has 1 aromatic heterocycles. The summed E-state index contributed by atoms with van der Waals surface area (Å²) in [7, 11) is 0. The fourth-order valence-corrected chi connectivity index (χ4v) is 1.37. The van der Waals surface area contributed by atoms with Crippen molar-refractivity contribution in [2.75, 3.05) is 5.73 Å². The molecule has 0 aromatic carbocycles. The molecule has 1 atom stereocenters. The molecule has 0 bridgehead atoms. The minimum atomic E-state index is -4.44. The van der Waals surface area contributed by atoms with Crippen molar-refractivity contribution in [2.45, 2.75) is 32.9 Å². The van der Waals surface area contributed by atoms with Crippen molar-refractivity contribution in [3.8, 4) is 0 Å². The van der Waals surface area contributed by atoms with Crippen molar-refractivity contribution < 1.29 is 13.2 Å². The quantitative estimate of drug-likeness (QED) is 0.848. The average molecular weight is 232 g/mol. The molecular formula is C11H15F3N2. The van der Waals surface area contributed by atoms with E-state index in [-0.39, 0.29) is 17.7 Å². The first-order valence-electron chi connectivity index (χ1n) is 5.06. The molecule has 0 spiro atoms. The summed E-state index contributed by atoms with van der Waals surface area (Å²) in [6.07, 6.45) is -4.44. The molecule has 0 radical (unpaired) electrons. The number of pyridine rings is 1. The molecule has 1 unspecified atom stereocenters. The second kappa shape index (κ2) is 4.31. The highest BCUT2D eigenvalue weighted by Crippen LogP contribution is 2.32. The van der Waals surface area contributed by atoms with Crippen LogP contribution < -0.4 is 5.73 Å². The minimum absolute atomic E-state index is 0.0198. The Morgan fingerprint density at radius 3 is 2.19 bits per heavy atom. The maximum Gasteiger partial charge on any atom is 0.433 e. The summed E-state index contributed by atoms with van der Waals surface area (Å²) in [4.78, 5) is 3.30. The number of rotatable bonds is 2. The molecule has 5 heteroatoms. The van der Waals surface area contributed by atoms with Gasteiger partial charge >= 0.3 is 6.18 Å².